The third kappa shape index (κ3) is 8.87. The molecular formula is C25H40FN5O6S2. The first-order valence-corrected chi connectivity index (χ1v) is 14.9. The maximum absolute atomic E-state index is 13.7. The topological polar surface area (TPSA) is 136 Å². The van der Waals surface area contributed by atoms with E-state index in [0.29, 0.717) is 36.6 Å². The fraction of sp³-hybridized carbons (Fsp3) is 0.640. The van der Waals surface area contributed by atoms with E-state index in [0.717, 1.165) is 4.31 Å². The molecule has 0 fully saturated rings. The van der Waals surface area contributed by atoms with Gasteiger partial charge in [0.25, 0.3) is 5.91 Å². The number of nitrogens with one attached hydrogen (secondary N) is 1. The van der Waals surface area contributed by atoms with E-state index >= 15 is 0 Å². The van der Waals surface area contributed by atoms with Crippen molar-refractivity contribution in [1.29, 1.82) is 0 Å². The number of benzene rings is 1. The van der Waals surface area contributed by atoms with Crippen LogP contribution in [0.15, 0.2) is 35.4 Å². The van der Waals surface area contributed by atoms with E-state index < -0.39 is 39.0 Å². The second-order valence-corrected chi connectivity index (χ2v) is 13.3. The average molecular weight is 590 g/mol. The molecule has 1 aromatic heterocycles. The molecule has 1 heterocycles. The lowest BCUT2D eigenvalue weighted by Gasteiger charge is -2.31. The molecule has 1 amide bonds. The summed E-state index contributed by atoms with van der Waals surface area (Å²) in [6.07, 6.45) is 2.77. The zero-order valence-electron chi connectivity index (χ0n) is 23.5. The molecule has 0 unspecified atom stereocenters. The van der Waals surface area contributed by atoms with Crippen molar-refractivity contribution in [2.45, 2.75) is 83.0 Å². The highest BCUT2D eigenvalue weighted by Gasteiger charge is 2.39. The second kappa shape index (κ2) is 13.9. The van der Waals surface area contributed by atoms with E-state index in [4.69, 9.17) is 9.47 Å². The molecule has 11 nitrogen and oxygen atoms in total. The number of halogens is 1. The number of nitrogens with zero attached hydrogens (tertiary/aromatic N) is 4. The van der Waals surface area contributed by atoms with Gasteiger partial charge in [0.05, 0.1) is 41.6 Å². The Balaban J connectivity index is 2.32. The van der Waals surface area contributed by atoms with Crippen molar-refractivity contribution in [2.24, 2.45) is 5.92 Å². The number of hydrogen-bond acceptors (Lipinski definition) is 9. The van der Waals surface area contributed by atoms with Crippen LogP contribution in [0.4, 0.5) is 3.89 Å². The van der Waals surface area contributed by atoms with E-state index in [2.05, 4.69) is 10.3 Å². The first kappa shape index (κ1) is 32.9. The van der Waals surface area contributed by atoms with Gasteiger partial charge in [0.1, 0.15) is 11.8 Å². The molecule has 0 aliphatic heterocycles. The van der Waals surface area contributed by atoms with Crippen molar-refractivity contribution in [3.8, 4) is 5.75 Å². The summed E-state index contributed by atoms with van der Waals surface area (Å²) < 4.78 is 53.7. The van der Waals surface area contributed by atoms with Crippen molar-refractivity contribution in [3.05, 3.63) is 36.2 Å². The van der Waals surface area contributed by atoms with Crippen LogP contribution < -0.4 is 10.2 Å². The van der Waals surface area contributed by atoms with Crippen LogP contribution in [0.25, 0.3) is 0 Å². The number of hydrogen-bond donors (Lipinski definition) is 2. The van der Waals surface area contributed by atoms with Gasteiger partial charge in [-0.3, -0.25) is 10.0 Å². The Hall–Kier alpha value is -2.26. The number of rotatable bonds is 16. The Morgan fingerprint density at radius 3 is 2.38 bits per heavy atom. The van der Waals surface area contributed by atoms with Crippen LogP contribution in [0, 0.1) is 5.92 Å². The van der Waals surface area contributed by atoms with Crippen LogP contribution in [0.1, 0.15) is 60.1 Å². The molecule has 1 atom stereocenters. The lowest BCUT2D eigenvalue weighted by molar-refractivity contribution is -0.134. The number of sulfonamides is 1. The summed E-state index contributed by atoms with van der Waals surface area (Å²) in [5.41, 5.74) is 0.901. The Kier molecular flexibility index (Phi) is 11.7. The lowest BCUT2D eigenvalue weighted by atomic mass is 10.0. The fourth-order valence-corrected chi connectivity index (χ4v) is 6.18. The number of amides is 1. The van der Waals surface area contributed by atoms with Crippen LogP contribution in [0.2, 0.25) is 0 Å². The monoisotopic (exact) mass is 589 g/mol. The predicted octanol–water partition coefficient (Wildman–Crippen LogP) is 3.94. The largest absolute Gasteiger partial charge is 0.497 e. The van der Waals surface area contributed by atoms with Crippen molar-refractivity contribution < 1.29 is 31.8 Å². The lowest BCUT2D eigenvalue weighted by Crippen LogP contribution is -2.51. The van der Waals surface area contributed by atoms with E-state index in [1.165, 1.54) is 31.4 Å². The molecule has 0 radical (unpaired) electrons. The second-order valence-electron chi connectivity index (χ2n) is 10.8. The number of methoxy groups -OCH3 is 1. The average Bonchev–Trinajstić information content (AvgIpc) is 3.36. The molecule has 2 N–H and O–H groups in total. The van der Waals surface area contributed by atoms with Gasteiger partial charge in [-0.1, -0.05) is 19.1 Å². The molecule has 2 rings (SSSR count). The minimum absolute atomic E-state index is 0.0432. The van der Waals surface area contributed by atoms with Gasteiger partial charge in [-0.2, -0.15) is 8.19 Å². The maximum Gasteiger partial charge on any atom is 0.262 e. The molecule has 39 heavy (non-hydrogen) atoms. The van der Waals surface area contributed by atoms with Gasteiger partial charge in [0.2, 0.25) is 10.0 Å². The molecular weight excluding hydrogens is 549 g/mol. The van der Waals surface area contributed by atoms with Gasteiger partial charge in [-0.05, 0) is 70.7 Å². The normalized spacial score (nSPS) is 13.6. The minimum Gasteiger partial charge on any atom is -0.497 e. The Morgan fingerprint density at radius 2 is 1.85 bits per heavy atom. The molecule has 1 aromatic carbocycles. The molecule has 220 valence electrons. The van der Waals surface area contributed by atoms with Crippen LogP contribution in [-0.2, 0) is 31.6 Å². The summed E-state index contributed by atoms with van der Waals surface area (Å²) in [5.74, 6) is -0.508. The summed E-state index contributed by atoms with van der Waals surface area (Å²) in [4.78, 5) is 12.6. The first-order chi connectivity index (χ1) is 18.2. The van der Waals surface area contributed by atoms with Crippen molar-refractivity contribution in [2.75, 3.05) is 19.5 Å². The Morgan fingerprint density at radius 1 is 1.21 bits per heavy atom. The van der Waals surface area contributed by atoms with Crippen LogP contribution in [0.5, 0.6) is 5.75 Å². The van der Waals surface area contributed by atoms with Crippen LogP contribution in [0.3, 0.4) is 0 Å². The summed E-state index contributed by atoms with van der Waals surface area (Å²) in [7, 11) is -2.74. The Bertz CT molecular complexity index is 1170. The molecule has 0 saturated heterocycles. The number of ether oxygens (including phenoxy) is 2. The third-order valence-electron chi connectivity index (χ3n) is 6.45. The number of carbonyl (C=O) groups is 1. The van der Waals surface area contributed by atoms with Gasteiger partial charge in [-0.15, -0.1) is 5.10 Å². The SMILES string of the molecule is COc1ccc(S(=O)(=O)N(Cc2cn(C(C)(C)CCOC(C)(C)CCSF)nn2)[C@@H](C(=O)NO)C(C)C)cc1. The van der Waals surface area contributed by atoms with Crippen LogP contribution >= 0.6 is 12.1 Å². The zero-order valence-corrected chi connectivity index (χ0v) is 25.2. The third-order valence-corrected chi connectivity index (χ3v) is 8.65. The molecule has 0 aliphatic carbocycles. The smallest absolute Gasteiger partial charge is 0.262 e. The highest BCUT2D eigenvalue weighted by Crippen LogP contribution is 2.27. The highest BCUT2D eigenvalue weighted by atomic mass is 32.2. The van der Waals surface area contributed by atoms with Crippen molar-refractivity contribution in [3.63, 3.8) is 0 Å². The van der Waals surface area contributed by atoms with Gasteiger partial charge in [-0.25, -0.2) is 18.6 Å². The highest BCUT2D eigenvalue weighted by molar-refractivity contribution is 7.94. The molecule has 0 aliphatic rings. The van der Waals surface area contributed by atoms with Gasteiger partial charge in [0, 0.05) is 24.5 Å². The first-order valence-electron chi connectivity index (χ1n) is 12.6. The van der Waals surface area contributed by atoms with E-state index in [1.54, 1.807) is 30.2 Å². The number of aromatic nitrogens is 3. The quantitative estimate of drug-likeness (QED) is 0.220. The predicted molar refractivity (Wildman–Crippen MR) is 146 cm³/mol. The molecule has 0 bridgehead atoms. The van der Waals surface area contributed by atoms with Gasteiger partial charge >= 0.3 is 0 Å². The summed E-state index contributed by atoms with van der Waals surface area (Å²) in [5, 5.41) is 17.8. The van der Waals surface area contributed by atoms with Crippen molar-refractivity contribution in [1.82, 2.24) is 24.8 Å². The summed E-state index contributed by atoms with van der Waals surface area (Å²) in [6.45, 7) is 11.2. The van der Waals surface area contributed by atoms with E-state index in [9.17, 15) is 22.3 Å². The molecule has 0 saturated carbocycles. The van der Waals surface area contributed by atoms with E-state index in [-0.39, 0.29) is 23.6 Å². The zero-order chi connectivity index (χ0) is 29.4. The summed E-state index contributed by atoms with van der Waals surface area (Å²) in [6, 6.07) is 4.59. The van der Waals surface area contributed by atoms with Gasteiger partial charge < -0.3 is 9.47 Å². The van der Waals surface area contributed by atoms with Crippen molar-refractivity contribution >= 4 is 28.1 Å². The number of carbonyl (C=O) groups excluding carboxylic acids is 1. The molecule has 0 spiro atoms. The molecule has 14 heteroatoms. The summed E-state index contributed by atoms with van der Waals surface area (Å²) >= 11 is 0.287. The van der Waals surface area contributed by atoms with Gasteiger partial charge in [0.15, 0.2) is 0 Å². The Labute approximate surface area is 234 Å². The maximum atomic E-state index is 13.7. The molecule has 2 aromatic rings. The fourth-order valence-electron chi connectivity index (χ4n) is 3.92. The minimum atomic E-state index is -4.21. The van der Waals surface area contributed by atoms with E-state index in [1.807, 2.05) is 27.7 Å². The van der Waals surface area contributed by atoms with Crippen LogP contribution in [-0.4, -0.2) is 69.9 Å². The standard InChI is InChI=1S/C25H40FN5O6S2/c1-18(2)22(23(32)28-33)30(39(34,35)21-10-8-20(36-7)9-11-21)16-19-17-31(29-27-19)24(3,4)12-14-37-25(5,6)13-15-38-26/h8-11,17-18,22,33H,12-16H2,1-7H3,(H,28,32)/t22-/m1/s1. The number of hydroxylamine groups is 1.